The van der Waals surface area contributed by atoms with Crippen LogP contribution in [0.2, 0.25) is 5.02 Å². The lowest BCUT2D eigenvalue weighted by atomic mass is 10.1. The van der Waals surface area contributed by atoms with Crippen LogP contribution in [0.25, 0.3) is 37.2 Å². The van der Waals surface area contributed by atoms with Crippen molar-refractivity contribution in [2.75, 3.05) is 26.3 Å². The Morgan fingerprint density at radius 3 is 2.62 bits per heavy atom. The second-order valence-corrected chi connectivity index (χ2v) is 9.81. The van der Waals surface area contributed by atoms with Crippen molar-refractivity contribution in [3.63, 3.8) is 0 Å². The highest BCUT2D eigenvalue weighted by atomic mass is 35.5. The highest BCUT2D eigenvalue weighted by Gasteiger charge is 2.14. The molecule has 0 spiro atoms. The van der Waals surface area contributed by atoms with E-state index in [4.69, 9.17) is 21.3 Å². The van der Waals surface area contributed by atoms with Gasteiger partial charge in [-0.3, -0.25) is 19.2 Å². The Kier molecular flexibility index (Phi) is 5.63. The third-order valence-corrected chi connectivity index (χ3v) is 7.48. The van der Waals surface area contributed by atoms with Gasteiger partial charge in [0.25, 0.3) is 5.56 Å². The first-order chi connectivity index (χ1) is 16.6. The number of benzene rings is 2. The summed E-state index contributed by atoms with van der Waals surface area (Å²) in [6.07, 6.45) is 1.60. The summed E-state index contributed by atoms with van der Waals surface area (Å²) in [6.45, 7) is 4.22. The summed E-state index contributed by atoms with van der Waals surface area (Å²) in [6, 6.07) is 19.6. The molecule has 1 aliphatic rings. The van der Waals surface area contributed by atoms with Gasteiger partial charge in [-0.25, -0.2) is 4.98 Å². The number of fused-ring (bicyclic) bond motifs is 2. The Morgan fingerprint density at radius 2 is 1.79 bits per heavy atom. The van der Waals surface area contributed by atoms with Crippen LogP contribution in [0.1, 0.15) is 5.69 Å². The predicted molar refractivity (Wildman–Crippen MR) is 137 cm³/mol. The van der Waals surface area contributed by atoms with Crippen molar-refractivity contribution in [1.82, 2.24) is 19.4 Å². The van der Waals surface area contributed by atoms with Crippen LogP contribution in [-0.4, -0.2) is 45.7 Å². The minimum Gasteiger partial charge on any atom is -0.379 e. The van der Waals surface area contributed by atoms with E-state index in [0.29, 0.717) is 15.2 Å². The zero-order valence-corrected chi connectivity index (χ0v) is 19.9. The molecule has 6 rings (SSSR count). The number of nitrogens with zero attached hydrogens (tertiary/aromatic N) is 4. The zero-order chi connectivity index (χ0) is 23.1. The summed E-state index contributed by atoms with van der Waals surface area (Å²) < 4.78 is 7.66. The summed E-state index contributed by atoms with van der Waals surface area (Å²) in [5, 5.41) is 1.67. The maximum atomic E-state index is 13.3. The standard InChI is InChI=1S/C26H21ClN4O2S/c27-19-4-1-17(2-5-19)24-14-23-25(34-24)26(32)31(16-28-23)21-7-8-22-18(13-21)3-6-20(29-22)15-30-9-11-33-12-10-30/h1-8,13-14,16H,9-12,15H2. The van der Waals surface area contributed by atoms with Crippen molar-refractivity contribution >= 4 is 44.1 Å². The first-order valence-electron chi connectivity index (χ1n) is 11.1. The van der Waals surface area contributed by atoms with Crippen molar-refractivity contribution in [3.8, 4) is 16.1 Å². The maximum Gasteiger partial charge on any atom is 0.275 e. The molecule has 170 valence electrons. The lowest BCUT2D eigenvalue weighted by Crippen LogP contribution is -2.35. The molecule has 0 bridgehead atoms. The molecule has 0 unspecified atom stereocenters. The van der Waals surface area contributed by atoms with E-state index in [9.17, 15) is 4.79 Å². The topological polar surface area (TPSA) is 60.2 Å². The molecule has 3 aromatic heterocycles. The Bertz CT molecular complexity index is 1560. The molecule has 0 aliphatic carbocycles. The fourth-order valence-electron chi connectivity index (χ4n) is 4.23. The average molecular weight is 489 g/mol. The summed E-state index contributed by atoms with van der Waals surface area (Å²) >= 11 is 7.46. The molecular formula is C26H21ClN4O2S. The molecule has 4 heterocycles. The highest BCUT2D eigenvalue weighted by molar-refractivity contribution is 7.22. The SMILES string of the molecule is O=c1c2sc(-c3ccc(Cl)cc3)cc2ncn1-c1ccc2nc(CN3CCOCC3)ccc2c1. The van der Waals surface area contributed by atoms with Gasteiger partial charge in [0.1, 0.15) is 11.0 Å². The number of rotatable bonds is 4. The second-order valence-electron chi connectivity index (χ2n) is 8.32. The van der Waals surface area contributed by atoms with Crippen LogP contribution in [0, 0.1) is 0 Å². The van der Waals surface area contributed by atoms with Gasteiger partial charge in [0, 0.05) is 34.9 Å². The number of morpholine rings is 1. The second kappa shape index (κ2) is 8.92. The average Bonchev–Trinajstić information content (AvgIpc) is 3.30. The van der Waals surface area contributed by atoms with E-state index in [0.717, 1.165) is 65.6 Å². The molecule has 0 amide bonds. The van der Waals surface area contributed by atoms with E-state index in [1.807, 2.05) is 48.5 Å². The van der Waals surface area contributed by atoms with Crippen LogP contribution < -0.4 is 5.56 Å². The van der Waals surface area contributed by atoms with Crippen LogP contribution in [0.5, 0.6) is 0 Å². The van der Waals surface area contributed by atoms with Crippen LogP contribution >= 0.6 is 22.9 Å². The van der Waals surface area contributed by atoms with Gasteiger partial charge < -0.3 is 4.74 Å². The number of halogens is 1. The number of aromatic nitrogens is 3. The van der Waals surface area contributed by atoms with Crippen molar-refractivity contribution in [1.29, 1.82) is 0 Å². The summed E-state index contributed by atoms with van der Waals surface area (Å²) in [5.41, 5.74) is 4.37. The van der Waals surface area contributed by atoms with Gasteiger partial charge in [-0.05, 0) is 48.0 Å². The van der Waals surface area contributed by atoms with Crippen molar-refractivity contribution in [2.45, 2.75) is 6.54 Å². The van der Waals surface area contributed by atoms with E-state index in [2.05, 4.69) is 22.0 Å². The van der Waals surface area contributed by atoms with Crippen LogP contribution in [-0.2, 0) is 11.3 Å². The largest absolute Gasteiger partial charge is 0.379 e. The minimum absolute atomic E-state index is 0.0774. The molecule has 34 heavy (non-hydrogen) atoms. The Hall–Kier alpha value is -3.10. The molecule has 0 saturated carbocycles. The molecule has 0 radical (unpaired) electrons. The summed E-state index contributed by atoms with van der Waals surface area (Å²) in [4.78, 5) is 26.0. The quantitative estimate of drug-likeness (QED) is 0.350. The molecule has 0 N–H and O–H groups in total. The zero-order valence-electron chi connectivity index (χ0n) is 18.3. The van der Waals surface area contributed by atoms with Gasteiger partial charge in [-0.1, -0.05) is 29.8 Å². The van der Waals surface area contributed by atoms with Crippen molar-refractivity contribution in [3.05, 3.63) is 88.1 Å². The monoisotopic (exact) mass is 488 g/mol. The summed E-state index contributed by atoms with van der Waals surface area (Å²) in [5.74, 6) is 0. The van der Waals surface area contributed by atoms with Gasteiger partial charge >= 0.3 is 0 Å². The first kappa shape index (κ1) is 21.4. The normalized spacial score (nSPS) is 14.7. The number of pyridine rings is 1. The smallest absolute Gasteiger partial charge is 0.275 e. The number of ether oxygens (including phenoxy) is 1. The van der Waals surface area contributed by atoms with E-state index in [-0.39, 0.29) is 5.56 Å². The Balaban J connectivity index is 1.33. The first-order valence-corrected chi connectivity index (χ1v) is 12.3. The number of hydrogen-bond acceptors (Lipinski definition) is 6. The molecule has 1 fully saturated rings. The van der Waals surface area contributed by atoms with Crippen molar-refractivity contribution < 1.29 is 4.74 Å². The van der Waals surface area contributed by atoms with Crippen molar-refractivity contribution in [2.24, 2.45) is 0 Å². The molecule has 6 nitrogen and oxygen atoms in total. The van der Waals surface area contributed by atoms with Crippen LogP contribution in [0.3, 0.4) is 0 Å². The van der Waals surface area contributed by atoms with Gasteiger partial charge in [-0.15, -0.1) is 11.3 Å². The molecule has 5 aromatic rings. The van der Waals surface area contributed by atoms with E-state index in [1.165, 1.54) is 11.3 Å². The van der Waals surface area contributed by atoms with E-state index < -0.39 is 0 Å². The van der Waals surface area contributed by atoms with E-state index in [1.54, 1.807) is 10.9 Å². The van der Waals surface area contributed by atoms with Gasteiger partial charge in [0.2, 0.25) is 0 Å². The van der Waals surface area contributed by atoms with Crippen LogP contribution in [0.15, 0.2) is 71.8 Å². The Labute approximate surface area is 205 Å². The lowest BCUT2D eigenvalue weighted by molar-refractivity contribution is 0.0337. The van der Waals surface area contributed by atoms with Gasteiger partial charge in [0.05, 0.1) is 35.6 Å². The lowest BCUT2D eigenvalue weighted by Gasteiger charge is -2.26. The molecule has 1 saturated heterocycles. The molecule has 1 aliphatic heterocycles. The minimum atomic E-state index is -0.0774. The number of hydrogen-bond donors (Lipinski definition) is 0. The number of thiophene rings is 1. The Morgan fingerprint density at radius 1 is 0.971 bits per heavy atom. The van der Waals surface area contributed by atoms with Crippen LogP contribution in [0.4, 0.5) is 0 Å². The maximum absolute atomic E-state index is 13.3. The highest BCUT2D eigenvalue weighted by Crippen LogP contribution is 2.31. The fraction of sp³-hybridized carbons (Fsp3) is 0.192. The fourth-order valence-corrected chi connectivity index (χ4v) is 5.41. The summed E-state index contributed by atoms with van der Waals surface area (Å²) in [7, 11) is 0. The molecule has 0 atom stereocenters. The molecule has 8 heteroatoms. The van der Waals surface area contributed by atoms with E-state index >= 15 is 0 Å². The third kappa shape index (κ3) is 4.12. The van der Waals surface area contributed by atoms with Gasteiger partial charge in [0.15, 0.2) is 0 Å². The predicted octanol–water partition coefficient (Wildman–Crippen LogP) is 5.15. The molecule has 2 aromatic carbocycles. The molecular weight excluding hydrogens is 468 g/mol. The van der Waals surface area contributed by atoms with Gasteiger partial charge in [-0.2, -0.15) is 0 Å². The third-order valence-electron chi connectivity index (χ3n) is 6.06.